The van der Waals surface area contributed by atoms with E-state index in [-0.39, 0.29) is 5.78 Å². The number of rotatable bonds is 5. The average Bonchev–Trinajstić information content (AvgIpc) is 3.16. The monoisotopic (exact) mass is 354 g/mol. The van der Waals surface area contributed by atoms with Crippen molar-refractivity contribution in [2.24, 2.45) is 11.8 Å². The Morgan fingerprint density at radius 3 is 2.31 bits per heavy atom. The van der Waals surface area contributed by atoms with Crippen molar-refractivity contribution in [1.29, 1.82) is 0 Å². The van der Waals surface area contributed by atoms with Gasteiger partial charge >= 0.3 is 0 Å². The number of phenols is 1. The third-order valence-electron chi connectivity index (χ3n) is 5.52. The van der Waals surface area contributed by atoms with Gasteiger partial charge in [-0.3, -0.25) is 14.6 Å². The highest BCUT2D eigenvalue weighted by Gasteiger charge is 2.40. The van der Waals surface area contributed by atoms with Crippen LogP contribution in [0.4, 0.5) is 4.39 Å². The molecule has 0 saturated carbocycles. The van der Waals surface area contributed by atoms with E-state index in [2.05, 4.69) is 34.1 Å². The van der Waals surface area contributed by atoms with Gasteiger partial charge in [0.1, 0.15) is 0 Å². The molecule has 0 amide bonds. The van der Waals surface area contributed by atoms with E-state index in [9.17, 15) is 14.3 Å². The summed E-state index contributed by atoms with van der Waals surface area (Å²) in [6.45, 7) is 5.27. The molecule has 4 nitrogen and oxygen atoms in total. The highest BCUT2D eigenvalue weighted by molar-refractivity contribution is 5.97. The van der Waals surface area contributed by atoms with Gasteiger partial charge in [0.2, 0.25) is 0 Å². The van der Waals surface area contributed by atoms with E-state index in [0.717, 1.165) is 38.8 Å². The van der Waals surface area contributed by atoms with E-state index in [1.807, 2.05) is 6.07 Å². The second-order valence-electron chi connectivity index (χ2n) is 7.48. The van der Waals surface area contributed by atoms with Crippen LogP contribution in [0.5, 0.6) is 5.75 Å². The van der Waals surface area contributed by atoms with Crippen LogP contribution in [0.2, 0.25) is 0 Å². The zero-order valence-corrected chi connectivity index (χ0v) is 14.6. The number of nitrogens with zero attached hydrogens (tertiary/aromatic N) is 2. The summed E-state index contributed by atoms with van der Waals surface area (Å²) in [6.07, 6.45) is 0. The van der Waals surface area contributed by atoms with Gasteiger partial charge in [0, 0.05) is 38.3 Å². The van der Waals surface area contributed by atoms with E-state index in [1.54, 1.807) is 0 Å². The molecule has 2 aliphatic rings. The molecule has 4 rings (SSSR count). The first-order chi connectivity index (χ1) is 12.6. The number of benzene rings is 2. The molecule has 0 bridgehead atoms. The van der Waals surface area contributed by atoms with Crippen molar-refractivity contribution in [1.82, 2.24) is 9.80 Å². The molecule has 0 aromatic heterocycles. The summed E-state index contributed by atoms with van der Waals surface area (Å²) < 4.78 is 13.4. The fraction of sp³-hybridized carbons (Fsp3) is 0.381. The summed E-state index contributed by atoms with van der Waals surface area (Å²) in [5, 5.41) is 9.25. The van der Waals surface area contributed by atoms with Crippen LogP contribution in [-0.2, 0) is 6.54 Å². The standard InChI is InChI=1S/C21H23FN2O2/c22-19-8-16(6-7-20(19)25)21(26)14-24-12-17-10-23(11-18(17)13-24)9-15-4-2-1-3-5-15/h1-8,17-18,25H,9-14H2/t17-,18+. The molecule has 5 heteroatoms. The zero-order chi connectivity index (χ0) is 18.1. The number of hydrogen-bond acceptors (Lipinski definition) is 4. The third-order valence-corrected chi connectivity index (χ3v) is 5.52. The third kappa shape index (κ3) is 3.64. The van der Waals surface area contributed by atoms with Crippen molar-refractivity contribution in [3.05, 3.63) is 65.5 Å². The van der Waals surface area contributed by atoms with Crippen LogP contribution in [0, 0.1) is 17.7 Å². The van der Waals surface area contributed by atoms with E-state index in [1.165, 1.54) is 17.7 Å². The number of phenolic OH excluding ortho intramolecular Hbond substituents is 1. The minimum atomic E-state index is -0.745. The molecule has 2 aromatic rings. The lowest BCUT2D eigenvalue weighted by atomic mass is 10.0. The maximum absolute atomic E-state index is 13.4. The van der Waals surface area contributed by atoms with Gasteiger partial charge < -0.3 is 5.11 Å². The molecule has 1 N–H and O–H groups in total. The van der Waals surface area contributed by atoms with Crippen molar-refractivity contribution in [3.63, 3.8) is 0 Å². The molecule has 0 spiro atoms. The second-order valence-corrected chi connectivity index (χ2v) is 7.48. The van der Waals surface area contributed by atoms with E-state index >= 15 is 0 Å². The minimum Gasteiger partial charge on any atom is -0.505 e. The fourth-order valence-corrected chi connectivity index (χ4v) is 4.26. The second kappa shape index (κ2) is 7.17. The van der Waals surface area contributed by atoms with Crippen LogP contribution in [0.25, 0.3) is 0 Å². The number of likely N-dealkylation sites (tertiary alicyclic amines) is 2. The lowest BCUT2D eigenvalue weighted by Crippen LogP contribution is -2.32. The van der Waals surface area contributed by atoms with Gasteiger partial charge in [-0.05, 0) is 35.6 Å². The lowest BCUT2D eigenvalue weighted by molar-refractivity contribution is 0.0937. The molecule has 0 aliphatic carbocycles. The number of ketones is 1. The van der Waals surface area contributed by atoms with Crippen LogP contribution in [0.15, 0.2) is 48.5 Å². The highest BCUT2D eigenvalue weighted by atomic mass is 19.1. The lowest BCUT2D eigenvalue weighted by Gasteiger charge is -2.21. The Morgan fingerprint density at radius 2 is 1.65 bits per heavy atom. The highest BCUT2D eigenvalue weighted by Crippen LogP contribution is 2.32. The Morgan fingerprint density at radius 1 is 1.00 bits per heavy atom. The number of hydrogen-bond donors (Lipinski definition) is 1. The first kappa shape index (κ1) is 17.2. The van der Waals surface area contributed by atoms with Crippen LogP contribution < -0.4 is 0 Å². The number of fused-ring (bicyclic) bond motifs is 1. The summed E-state index contributed by atoms with van der Waals surface area (Å²) in [4.78, 5) is 17.1. The van der Waals surface area contributed by atoms with Gasteiger partial charge in [-0.25, -0.2) is 4.39 Å². The van der Waals surface area contributed by atoms with Gasteiger partial charge in [0.25, 0.3) is 0 Å². The molecule has 2 aromatic carbocycles. The molecule has 0 unspecified atom stereocenters. The minimum absolute atomic E-state index is 0.0926. The Bertz CT molecular complexity index is 782. The average molecular weight is 354 g/mol. The topological polar surface area (TPSA) is 43.8 Å². The van der Waals surface area contributed by atoms with Crippen LogP contribution in [0.1, 0.15) is 15.9 Å². The first-order valence-electron chi connectivity index (χ1n) is 9.09. The molecule has 26 heavy (non-hydrogen) atoms. The summed E-state index contributed by atoms with van der Waals surface area (Å²) in [7, 11) is 0. The van der Waals surface area contributed by atoms with Crippen LogP contribution in [-0.4, -0.2) is 53.4 Å². The van der Waals surface area contributed by atoms with Gasteiger partial charge in [0.05, 0.1) is 6.54 Å². The Kier molecular flexibility index (Phi) is 4.74. The van der Waals surface area contributed by atoms with Crippen molar-refractivity contribution < 1.29 is 14.3 Å². The molecule has 2 atom stereocenters. The molecule has 0 radical (unpaired) electrons. The summed E-state index contributed by atoms with van der Waals surface area (Å²) in [5.74, 6) is -0.0578. The smallest absolute Gasteiger partial charge is 0.176 e. The molecule has 136 valence electrons. The predicted molar refractivity (Wildman–Crippen MR) is 97.5 cm³/mol. The van der Waals surface area contributed by atoms with Gasteiger partial charge in [-0.1, -0.05) is 30.3 Å². The van der Waals surface area contributed by atoms with Crippen molar-refractivity contribution >= 4 is 5.78 Å². The summed E-state index contributed by atoms with van der Waals surface area (Å²) >= 11 is 0. The Hall–Kier alpha value is -2.24. The SMILES string of the molecule is O=C(CN1C[C@@H]2CN(Cc3ccccc3)C[C@@H]2C1)c1ccc(O)c(F)c1. The predicted octanol–water partition coefficient (Wildman–Crippen LogP) is 2.78. The van der Waals surface area contributed by atoms with Crippen molar-refractivity contribution in [2.45, 2.75) is 6.54 Å². The maximum Gasteiger partial charge on any atom is 0.176 e. The number of halogens is 1. The summed E-state index contributed by atoms with van der Waals surface area (Å²) in [6, 6.07) is 14.4. The quantitative estimate of drug-likeness (QED) is 0.839. The van der Waals surface area contributed by atoms with Crippen molar-refractivity contribution in [3.8, 4) is 5.75 Å². The Labute approximate surface area is 152 Å². The van der Waals surface area contributed by atoms with E-state index in [4.69, 9.17) is 0 Å². The number of aromatic hydroxyl groups is 1. The van der Waals surface area contributed by atoms with Crippen molar-refractivity contribution in [2.75, 3.05) is 32.7 Å². The molecular formula is C21H23FN2O2. The van der Waals surface area contributed by atoms with Gasteiger partial charge in [0.15, 0.2) is 17.3 Å². The number of carbonyl (C=O) groups is 1. The van der Waals surface area contributed by atoms with Gasteiger partial charge in [-0.15, -0.1) is 0 Å². The fourth-order valence-electron chi connectivity index (χ4n) is 4.26. The normalized spacial score (nSPS) is 23.3. The first-order valence-corrected chi connectivity index (χ1v) is 9.09. The number of carbonyl (C=O) groups excluding carboxylic acids is 1. The van der Waals surface area contributed by atoms with Crippen LogP contribution >= 0.6 is 0 Å². The molecule has 2 heterocycles. The van der Waals surface area contributed by atoms with E-state index in [0.29, 0.717) is 23.9 Å². The summed E-state index contributed by atoms with van der Waals surface area (Å²) in [5.41, 5.74) is 1.66. The molecular weight excluding hydrogens is 331 g/mol. The zero-order valence-electron chi connectivity index (χ0n) is 14.6. The molecule has 2 aliphatic heterocycles. The maximum atomic E-state index is 13.4. The number of Topliss-reactive ketones (excluding diaryl/α,β-unsaturated/α-hetero) is 1. The molecule has 2 fully saturated rings. The largest absolute Gasteiger partial charge is 0.505 e. The molecule has 2 saturated heterocycles. The van der Waals surface area contributed by atoms with E-state index < -0.39 is 11.6 Å². The Balaban J connectivity index is 1.30. The van der Waals surface area contributed by atoms with Crippen LogP contribution in [0.3, 0.4) is 0 Å². The van der Waals surface area contributed by atoms with Gasteiger partial charge in [-0.2, -0.15) is 0 Å².